The average molecular weight is 421 g/mol. The molecule has 0 saturated carbocycles. The number of amides is 1. The maximum Gasteiger partial charge on any atom is 0.240 e. The van der Waals surface area contributed by atoms with E-state index in [0.717, 1.165) is 22.1 Å². The summed E-state index contributed by atoms with van der Waals surface area (Å²) in [5.74, 6) is 0.797. The van der Waals surface area contributed by atoms with Gasteiger partial charge in [0.1, 0.15) is 0 Å². The number of carbonyl (C=O) groups is 1. The monoisotopic (exact) mass is 420 g/mol. The van der Waals surface area contributed by atoms with E-state index in [0.29, 0.717) is 5.16 Å². The summed E-state index contributed by atoms with van der Waals surface area (Å²) in [5, 5.41) is 11.2. The molecule has 29 heavy (non-hydrogen) atoms. The summed E-state index contributed by atoms with van der Waals surface area (Å²) in [5.41, 5.74) is 1.84. The van der Waals surface area contributed by atoms with E-state index in [2.05, 4.69) is 10.2 Å². The first-order valence-corrected chi connectivity index (χ1v) is 10.9. The molecule has 0 radical (unpaired) electrons. The van der Waals surface area contributed by atoms with Crippen molar-refractivity contribution in [2.45, 2.75) is 17.3 Å². The molecule has 0 aliphatic heterocycles. The number of carbonyl (C=O) groups excluding carboxylic acids is 1. The molecule has 4 aromatic rings. The van der Waals surface area contributed by atoms with Gasteiger partial charge in [-0.1, -0.05) is 54.2 Å². The molecule has 0 N–H and O–H groups in total. The minimum absolute atomic E-state index is 0.0153. The molecule has 2 aromatic heterocycles. The predicted molar refractivity (Wildman–Crippen MR) is 120 cm³/mol. The summed E-state index contributed by atoms with van der Waals surface area (Å²) >= 11 is 3.03. The SMILES string of the molecule is C[C@@H](Sc1nnc(-c2cccs2)n1-c1ccccc1)C(=O)N(C)c1ccccc1. The largest absolute Gasteiger partial charge is 0.315 e. The van der Waals surface area contributed by atoms with Gasteiger partial charge in [0.05, 0.1) is 10.1 Å². The minimum Gasteiger partial charge on any atom is -0.315 e. The quantitative estimate of drug-likeness (QED) is 0.405. The van der Waals surface area contributed by atoms with Gasteiger partial charge in [-0.25, -0.2) is 0 Å². The minimum atomic E-state index is -0.317. The summed E-state index contributed by atoms with van der Waals surface area (Å²) in [6.07, 6.45) is 0. The topological polar surface area (TPSA) is 51.0 Å². The summed E-state index contributed by atoms with van der Waals surface area (Å²) in [6, 6.07) is 23.7. The molecule has 1 amide bonds. The molecule has 2 aromatic carbocycles. The number of rotatable bonds is 6. The third kappa shape index (κ3) is 4.11. The number of nitrogens with zero attached hydrogens (tertiary/aromatic N) is 4. The highest BCUT2D eigenvalue weighted by atomic mass is 32.2. The van der Waals surface area contributed by atoms with Crippen LogP contribution in [0.1, 0.15) is 6.92 Å². The van der Waals surface area contributed by atoms with Crippen molar-refractivity contribution in [1.29, 1.82) is 0 Å². The number of anilines is 1. The molecule has 0 bridgehead atoms. The standard InChI is InChI=1S/C22H20N4OS2/c1-16(21(27)25(2)17-10-5-3-6-11-17)29-22-24-23-20(19-14-9-15-28-19)26(22)18-12-7-4-8-13-18/h3-16H,1-2H3/t16-/m1/s1. The van der Waals surface area contributed by atoms with Crippen molar-refractivity contribution in [3.8, 4) is 16.4 Å². The van der Waals surface area contributed by atoms with Gasteiger partial charge in [0.25, 0.3) is 0 Å². The van der Waals surface area contributed by atoms with Crippen LogP contribution in [0.5, 0.6) is 0 Å². The number of benzene rings is 2. The van der Waals surface area contributed by atoms with Crippen molar-refractivity contribution in [3.63, 3.8) is 0 Å². The van der Waals surface area contributed by atoms with Gasteiger partial charge in [-0.15, -0.1) is 21.5 Å². The zero-order valence-corrected chi connectivity index (χ0v) is 17.7. The fraction of sp³-hybridized carbons (Fsp3) is 0.136. The Morgan fingerprint density at radius 2 is 1.69 bits per heavy atom. The molecule has 1 atom stereocenters. The van der Waals surface area contributed by atoms with Crippen molar-refractivity contribution >= 4 is 34.7 Å². The Bertz CT molecular complexity index is 1080. The molecule has 0 aliphatic rings. The fourth-order valence-corrected chi connectivity index (χ4v) is 4.64. The second kappa shape index (κ2) is 8.63. The Labute approximate surface area is 178 Å². The number of hydrogen-bond acceptors (Lipinski definition) is 5. The molecule has 0 spiro atoms. The van der Waals surface area contributed by atoms with Gasteiger partial charge < -0.3 is 4.90 Å². The highest BCUT2D eigenvalue weighted by Gasteiger charge is 2.24. The van der Waals surface area contributed by atoms with E-state index in [1.165, 1.54) is 11.8 Å². The molecule has 0 fully saturated rings. The third-order valence-electron chi connectivity index (χ3n) is 4.49. The molecule has 2 heterocycles. The van der Waals surface area contributed by atoms with Gasteiger partial charge in [-0.05, 0) is 42.6 Å². The summed E-state index contributed by atoms with van der Waals surface area (Å²) in [4.78, 5) is 15.7. The summed E-state index contributed by atoms with van der Waals surface area (Å²) < 4.78 is 2.02. The molecule has 5 nitrogen and oxygen atoms in total. The van der Waals surface area contributed by atoms with Gasteiger partial charge in [-0.3, -0.25) is 9.36 Å². The van der Waals surface area contributed by atoms with Gasteiger partial charge in [-0.2, -0.15) is 0 Å². The lowest BCUT2D eigenvalue weighted by atomic mass is 10.3. The van der Waals surface area contributed by atoms with Crippen molar-refractivity contribution in [2.75, 3.05) is 11.9 Å². The van der Waals surface area contributed by atoms with Crippen LogP contribution in [0.4, 0.5) is 5.69 Å². The Morgan fingerprint density at radius 3 is 2.34 bits per heavy atom. The van der Waals surface area contributed by atoms with Gasteiger partial charge in [0.2, 0.25) is 5.91 Å². The molecule has 0 saturated heterocycles. The van der Waals surface area contributed by atoms with E-state index in [-0.39, 0.29) is 11.2 Å². The first-order chi connectivity index (χ1) is 14.1. The molecule has 7 heteroatoms. The van der Waals surface area contributed by atoms with Crippen molar-refractivity contribution in [3.05, 3.63) is 78.2 Å². The van der Waals surface area contributed by atoms with E-state index in [4.69, 9.17) is 0 Å². The lowest BCUT2D eigenvalue weighted by Crippen LogP contribution is -2.33. The Balaban J connectivity index is 1.64. The van der Waals surface area contributed by atoms with Gasteiger partial charge in [0.15, 0.2) is 11.0 Å². The van der Waals surface area contributed by atoms with E-state index in [1.807, 2.05) is 89.7 Å². The van der Waals surface area contributed by atoms with E-state index >= 15 is 0 Å². The number of thioether (sulfide) groups is 1. The van der Waals surface area contributed by atoms with Crippen LogP contribution in [0, 0.1) is 0 Å². The second-order valence-corrected chi connectivity index (χ2v) is 8.70. The van der Waals surface area contributed by atoms with E-state index in [1.54, 1.807) is 23.3 Å². The van der Waals surface area contributed by atoms with Crippen LogP contribution in [0.2, 0.25) is 0 Å². The number of aromatic nitrogens is 3. The fourth-order valence-electron chi connectivity index (χ4n) is 2.98. The second-order valence-electron chi connectivity index (χ2n) is 6.45. The van der Waals surface area contributed by atoms with Crippen LogP contribution in [-0.2, 0) is 4.79 Å². The van der Waals surface area contributed by atoms with E-state index in [9.17, 15) is 4.79 Å². The zero-order valence-electron chi connectivity index (χ0n) is 16.1. The molecular weight excluding hydrogens is 400 g/mol. The Morgan fingerprint density at radius 1 is 1.00 bits per heavy atom. The van der Waals surface area contributed by atoms with Crippen LogP contribution < -0.4 is 4.90 Å². The third-order valence-corrected chi connectivity index (χ3v) is 6.39. The molecule has 4 rings (SSSR count). The average Bonchev–Trinajstić information content (AvgIpc) is 3.43. The lowest BCUT2D eigenvalue weighted by Gasteiger charge is -2.21. The van der Waals surface area contributed by atoms with Crippen molar-refractivity contribution in [2.24, 2.45) is 0 Å². The normalized spacial score (nSPS) is 11.9. The van der Waals surface area contributed by atoms with Crippen LogP contribution in [0.15, 0.2) is 83.3 Å². The number of para-hydroxylation sites is 2. The lowest BCUT2D eigenvalue weighted by molar-refractivity contribution is -0.117. The van der Waals surface area contributed by atoms with E-state index < -0.39 is 0 Å². The van der Waals surface area contributed by atoms with Crippen LogP contribution in [0.3, 0.4) is 0 Å². The van der Waals surface area contributed by atoms with Gasteiger partial charge >= 0.3 is 0 Å². The van der Waals surface area contributed by atoms with Crippen molar-refractivity contribution < 1.29 is 4.79 Å². The highest BCUT2D eigenvalue weighted by Crippen LogP contribution is 2.32. The van der Waals surface area contributed by atoms with Crippen molar-refractivity contribution in [1.82, 2.24) is 14.8 Å². The van der Waals surface area contributed by atoms with Gasteiger partial charge in [0, 0.05) is 18.4 Å². The number of thiophene rings is 1. The van der Waals surface area contributed by atoms with Crippen LogP contribution >= 0.6 is 23.1 Å². The maximum absolute atomic E-state index is 13.0. The van der Waals surface area contributed by atoms with Crippen LogP contribution in [0.25, 0.3) is 16.4 Å². The maximum atomic E-state index is 13.0. The molecule has 146 valence electrons. The van der Waals surface area contributed by atoms with Crippen LogP contribution in [-0.4, -0.2) is 33.0 Å². The Hall–Kier alpha value is -2.90. The molecule has 0 aliphatic carbocycles. The molecular formula is C22H20N4OS2. The molecule has 0 unspecified atom stereocenters. The Kier molecular flexibility index (Phi) is 5.78. The summed E-state index contributed by atoms with van der Waals surface area (Å²) in [6.45, 7) is 1.90. The summed E-state index contributed by atoms with van der Waals surface area (Å²) in [7, 11) is 1.80. The smallest absolute Gasteiger partial charge is 0.240 e. The highest BCUT2D eigenvalue weighted by molar-refractivity contribution is 8.00. The first kappa shape index (κ1) is 19.4. The first-order valence-electron chi connectivity index (χ1n) is 9.19. The predicted octanol–water partition coefficient (Wildman–Crippen LogP) is 5.14. The zero-order chi connectivity index (χ0) is 20.2. The number of hydrogen-bond donors (Lipinski definition) is 0.